The summed E-state index contributed by atoms with van der Waals surface area (Å²) in [6.07, 6.45) is 1.54. The minimum atomic E-state index is 0.0860. The summed E-state index contributed by atoms with van der Waals surface area (Å²) in [5.74, 6) is 1.44. The normalized spacial score (nSPS) is 20.8. The number of anilines is 1. The van der Waals surface area contributed by atoms with Crippen molar-refractivity contribution < 1.29 is 9.53 Å². The SMILES string of the molecule is COc1ccc(Cl)cc1NCCC(=O)NC1CC1C. The molecule has 1 aliphatic rings. The molecule has 0 heterocycles. The Hall–Kier alpha value is -1.42. The van der Waals surface area contributed by atoms with Gasteiger partial charge in [-0.3, -0.25) is 4.79 Å². The van der Waals surface area contributed by atoms with Crippen LogP contribution in [0.5, 0.6) is 5.75 Å². The number of carbonyl (C=O) groups excluding carboxylic acids is 1. The average Bonchev–Trinajstić information content (AvgIpc) is 3.05. The molecule has 2 atom stereocenters. The maximum atomic E-state index is 11.6. The number of hydrogen-bond acceptors (Lipinski definition) is 3. The molecule has 0 radical (unpaired) electrons. The minimum Gasteiger partial charge on any atom is -0.495 e. The number of rotatable bonds is 6. The van der Waals surface area contributed by atoms with Gasteiger partial charge in [-0.05, 0) is 30.5 Å². The lowest BCUT2D eigenvalue weighted by molar-refractivity contribution is -0.121. The first kappa shape index (κ1) is 14.0. The summed E-state index contributed by atoms with van der Waals surface area (Å²) in [6.45, 7) is 2.70. The highest BCUT2D eigenvalue weighted by atomic mass is 35.5. The van der Waals surface area contributed by atoms with Crippen LogP contribution in [0.25, 0.3) is 0 Å². The van der Waals surface area contributed by atoms with Crippen molar-refractivity contribution >= 4 is 23.2 Å². The van der Waals surface area contributed by atoms with Gasteiger partial charge in [0, 0.05) is 24.0 Å². The lowest BCUT2D eigenvalue weighted by atomic mass is 10.2. The van der Waals surface area contributed by atoms with E-state index in [1.807, 2.05) is 0 Å². The van der Waals surface area contributed by atoms with Crippen LogP contribution in [-0.4, -0.2) is 25.6 Å². The zero-order valence-corrected chi connectivity index (χ0v) is 12.0. The molecule has 2 N–H and O–H groups in total. The molecular weight excluding hydrogens is 264 g/mol. The van der Waals surface area contributed by atoms with Gasteiger partial charge in [-0.2, -0.15) is 0 Å². The monoisotopic (exact) mass is 282 g/mol. The molecule has 2 unspecified atom stereocenters. The quantitative estimate of drug-likeness (QED) is 0.843. The van der Waals surface area contributed by atoms with Gasteiger partial charge in [0.25, 0.3) is 0 Å². The molecule has 0 bridgehead atoms. The summed E-state index contributed by atoms with van der Waals surface area (Å²) < 4.78 is 5.22. The molecule has 19 heavy (non-hydrogen) atoms. The molecular formula is C14H19ClN2O2. The fraction of sp³-hybridized carbons (Fsp3) is 0.500. The van der Waals surface area contributed by atoms with Crippen LogP contribution in [0, 0.1) is 5.92 Å². The molecule has 4 nitrogen and oxygen atoms in total. The van der Waals surface area contributed by atoms with Crippen LogP contribution >= 0.6 is 11.6 Å². The number of amides is 1. The summed E-state index contributed by atoms with van der Waals surface area (Å²) in [6, 6.07) is 5.75. The van der Waals surface area contributed by atoms with Crippen LogP contribution in [-0.2, 0) is 4.79 Å². The van der Waals surface area contributed by atoms with Gasteiger partial charge in [-0.15, -0.1) is 0 Å². The maximum Gasteiger partial charge on any atom is 0.221 e. The average molecular weight is 283 g/mol. The first-order valence-electron chi connectivity index (χ1n) is 6.47. The smallest absolute Gasteiger partial charge is 0.221 e. The number of hydrogen-bond donors (Lipinski definition) is 2. The van der Waals surface area contributed by atoms with E-state index in [9.17, 15) is 4.79 Å². The van der Waals surface area contributed by atoms with E-state index in [0.717, 1.165) is 17.9 Å². The van der Waals surface area contributed by atoms with Crippen molar-refractivity contribution in [3.8, 4) is 5.75 Å². The van der Waals surface area contributed by atoms with E-state index >= 15 is 0 Å². The van der Waals surface area contributed by atoms with Crippen molar-refractivity contribution in [2.75, 3.05) is 19.0 Å². The summed E-state index contributed by atoms with van der Waals surface area (Å²) in [5.41, 5.74) is 0.808. The molecule has 0 saturated heterocycles. The lowest BCUT2D eigenvalue weighted by Gasteiger charge is -2.11. The fourth-order valence-corrected chi connectivity index (χ4v) is 2.10. The summed E-state index contributed by atoms with van der Waals surface area (Å²) in [4.78, 5) is 11.6. The van der Waals surface area contributed by atoms with Crippen LogP contribution < -0.4 is 15.4 Å². The first-order valence-corrected chi connectivity index (χ1v) is 6.84. The van der Waals surface area contributed by atoms with Crippen LogP contribution in [0.3, 0.4) is 0 Å². The Morgan fingerprint density at radius 3 is 2.89 bits per heavy atom. The van der Waals surface area contributed by atoms with Crippen molar-refractivity contribution in [1.82, 2.24) is 5.32 Å². The standard InChI is InChI=1S/C14H19ClN2O2/c1-9-7-11(9)17-14(18)5-6-16-12-8-10(15)3-4-13(12)19-2/h3-4,8-9,11,16H,5-7H2,1-2H3,(H,17,18). The maximum absolute atomic E-state index is 11.6. The summed E-state index contributed by atoms with van der Waals surface area (Å²) in [7, 11) is 1.61. The molecule has 1 aromatic carbocycles. The predicted molar refractivity (Wildman–Crippen MR) is 76.8 cm³/mol. The molecule has 0 aromatic heterocycles. The Kier molecular flexibility index (Phi) is 4.53. The van der Waals surface area contributed by atoms with Crippen molar-refractivity contribution in [3.05, 3.63) is 23.2 Å². The van der Waals surface area contributed by atoms with Gasteiger partial charge in [0.1, 0.15) is 5.75 Å². The first-order chi connectivity index (χ1) is 9.10. The van der Waals surface area contributed by atoms with E-state index in [1.165, 1.54) is 0 Å². The van der Waals surface area contributed by atoms with Crippen molar-refractivity contribution in [2.45, 2.75) is 25.8 Å². The second kappa shape index (κ2) is 6.15. The molecule has 5 heteroatoms. The van der Waals surface area contributed by atoms with Crippen molar-refractivity contribution in [3.63, 3.8) is 0 Å². The molecule has 1 aromatic rings. The van der Waals surface area contributed by atoms with Gasteiger partial charge in [-0.25, -0.2) is 0 Å². The van der Waals surface area contributed by atoms with E-state index in [0.29, 0.717) is 29.9 Å². The second-order valence-corrected chi connectivity index (χ2v) is 5.34. The topological polar surface area (TPSA) is 50.4 Å². The van der Waals surface area contributed by atoms with Gasteiger partial charge in [0.05, 0.1) is 12.8 Å². The van der Waals surface area contributed by atoms with Crippen LogP contribution in [0.2, 0.25) is 5.02 Å². The third-order valence-corrected chi connectivity index (χ3v) is 3.52. The lowest BCUT2D eigenvalue weighted by Crippen LogP contribution is -2.28. The molecule has 1 aliphatic carbocycles. The van der Waals surface area contributed by atoms with E-state index < -0.39 is 0 Å². The molecule has 0 spiro atoms. The molecule has 2 rings (SSSR count). The number of halogens is 1. The Morgan fingerprint density at radius 2 is 2.26 bits per heavy atom. The fourth-order valence-electron chi connectivity index (χ4n) is 1.93. The second-order valence-electron chi connectivity index (χ2n) is 4.91. The zero-order valence-electron chi connectivity index (χ0n) is 11.2. The van der Waals surface area contributed by atoms with Gasteiger partial charge >= 0.3 is 0 Å². The highest BCUT2D eigenvalue weighted by Gasteiger charge is 2.33. The highest BCUT2D eigenvalue weighted by molar-refractivity contribution is 6.30. The molecule has 0 aliphatic heterocycles. The Bertz CT molecular complexity index is 465. The van der Waals surface area contributed by atoms with Gasteiger partial charge < -0.3 is 15.4 Å². The number of benzene rings is 1. The molecule has 1 fully saturated rings. The summed E-state index contributed by atoms with van der Waals surface area (Å²) >= 11 is 5.93. The number of nitrogens with one attached hydrogen (secondary N) is 2. The molecule has 1 amide bonds. The largest absolute Gasteiger partial charge is 0.495 e. The van der Waals surface area contributed by atoms with E-state index in [4.69, 9.17) is 16.3 Å². The van der Waals surface area contributed by atoms with Crippen molar-refractivity contribution in [2.24, 2.45) is 5.92 Å². The number of ether oxygens (including phenoxy) is 1. The van der Waals surface area contributed by atoms with E-state index in [1.54, 1.807) is 25.3 Å². The number of carbonyl (C=O) groups is 1. The van der Waals surface area contributed by atoms with Gasteiger partial charge in [0.2, 0.25) is 5.91 Å². The molecule has 104 valence electrons. The minimum absolute atomic E-state index is 0.0860. The highest BCUT2D eigenvalue weighted by Crippen LogP contribution is 2.29. The Labute approximate surface area is 118 Å². The zero-order chi connectivity index (χ0) is 13.8. The van der Waals surface area contributed by atoms with Crippen LogP contribution in [0.4, 0.5) is 5.69 Å². The predicted octanol–water partition coefficient (Wildman–Crippen LogP) is 2.68. The van der Waals surface area contributed by atoms with Crippen LogP contribution in [0.1, 0.15) is 19.8 Å². The third kappa shape index (κ3) is 4.03. The summed E-state index contributed by atoms with van der Waals surface area (Å²) in [5, 5.41) is 6.80. The van der Waals surface area contributed by atoms with Gasteiger partial charge in [0.15, 0.2) is 0 Å². The van der Waals surface area contributed by atoms with E-state index in [2.05, 4.69) is 17.6 Å². The third-order valence-electron chi connectivity index (χ3n) is 3.28. The van der Waals surface area contributed by atoms with Crippen LogP contribution in [0.15, 0.2) is 18.2 Å². The van der Waals surface area contributed by atoms with Crippen molar-refractivity contribution in [1.29, 1.82) is 0 Å². The Morgan fingerprint density at radius 1 is 1.53 bits per heavy atom. The molecule has 1 saturated carbocycles. The number of methoxy groups -OCH3 is 1. The van der Waals surface area contributed by atoms with E-state index in [-0.39, 0.29) is 5.91 Å². The van der Waals surface area contributed by atoms with Gasteiger partial charge in [-0.1, -0.05) is 18.5 Å². The Balaban J connectivity index is 1.78.